The minimum absolute atomic E-state index is 0.231. The standard InChI is InChI=1S/C3H5N2/c1-2-3(4)5/h2H,1,4H2. The van der Waals surface area contributed by atoms with Gasteiger partial charge in [-0.3, -0.25) is 0 Å². The van der Waals surface area contributed by atoms with Crippen LogP contribution in [0.5, 0.6) is 0 Å². The molecule has 2 nitrogen and oxygen atoms in total. The van der Waals surface area contributed by atoms with Crippen LogP contribution in [0.15, 0.2) is 12.7 Å². The number of hydrogen-bond donors (Lipinski definition) is 1. The first-order valence-corrected chi connectivity index (χ1v) is 1.21. The Kier molecular flexibility index (Phi) is 1.28. The molecule has 0 atom stereocenters. The van der Waals surface area contributed by atoms with Gasteiger partial charge < -0.3 is 5.73 Å². The second kappa shape index (κ2) is 1.52. The van der Waals surface area contributed by atoms with E-state index in [0.717, 1.165) is 0 Å². The summed E-state index contributed by atoms with van der Waals surface area (Å²) in [6.07, 6.45) is 1.17. The maximum Gasteiger partial charge on any atom is 0.145 e. The Labute approximate surface area is 30.8 Å². The van der Waals surface area contributed by atoms with Crippen LogP contribution in [0.1, 0.15) is 0 Å². The highest BCUT2D eigenvalue weighted by atomic mass is 14.7. The lowest BCUT2D eigenvalue weighted by molar-refractivity contribution is 1.66. The topological polar surface area (TPSA) is 48.3 Å². The van der Waals surface area contributed by atoms with Gasteiger partial charge in [0.2, 0.25) is 0 Å². The molecule has 0 heterocycles. The van der Waals surface area contributed by atoms with Crippen LogP contribution in [0.3, 0.4) is 0 Å². The van der Waals surface area contributed by atoms with Gasteiger partial charge in [-0.15, -0.1) is 5.41 Å². The molecule has 0 aromatic rings. The van der Waals surface area contributed by atoms with E-state index in [1.807, 2.05) is 0 Å². The Morgan fingerprint density at radius 3 is 2.20 bits per heavy atom. The van der Waals surface area contributed by atoms with Crippen LogP contribution in [0.25, 0.3) is 0 Å². The van der Waals surface area contributed by atoms with Crippen LogP contribution in [-0.2, 0) is 0 Å². The third-order valence-electron chi connectivity index (χ3n) is 0.209. The molecule has 0 unspecified atom stereocenters. The van der Waals surface area contributed by atoms with E-state index in [9.17, 15) is 0 Å². The van der Waals surface area contributed by atoms with Crippen molar-refractivity contribution in [1.82, 2.24) is 5.41 Å². The largest absolute Gasteiger partial charge is 0.382 e. The number of nitrogens with two attached hydrogens (primary N) is 1. The molecule has 0 aliphatic carbocycles. The van der Waals surface area contributed by atoms with E-state index in [1.165, 1.54) is 6.08 Å². The fourth-order valence-corrected chi connectivity index (χ4v) is 0. The summed E-state index contributed by atoms with van der Waals surface area (Å²) in [7, 11) is 0. The lowest BCUT2D eigenvalue weighted by atomic mass is 10.6. The van der Waals surface area contributed by atoms with Gasteiger partial charge in [0.05, 0.1) is 0 Å². The normalized spacial score (nSPS) is 6.40. The molecule has 0 saturated carbocycles. The first kappa shape index (κ1) is 4.21. The van der Waals surface area contributed by atoms with E-state index in [-0.39, 0.29) is 5.84 Å². The van der Waals surface area contributed by atoms with Crippen molar-refractivity contribution in [3.63, 3.8) is 0 Å². The molecule has 0 aliphatic rings. The Morgan fingerprint density at radius 2 is 2.20 bits per heavy atom. The average molecular weight is 69.1 g/mol. The molecule has 0 aliphatic heterocycles. The van der Waals surface area contributed by atoms with Crippen molar-refractivity contribution in [3.05, 3.63) is 12.7 Å². The predicted molar refractivity (Wildman–Crippen MR) is 21.5 cm³/mol. The number of amidine groups is 1. The second-order valence-corrected chi connectivity index (χ2v) is 0.629. The molecule has 0 aromatic heterocycles. The summed E-state index contributed by atoms with van der Waals surface area (Å²) in [6, 6.07) is 0. The molecule has 2 N–H and O–H groups in total. The SMILES string of the molecule is C=CC(=[N])N. The summed E-state index contributed by atoms with van der Waals surface area (Å²) in [4.78, 5) is 0. The van der Waals surface area contributed by atoms with E-state index in [2.05, 4.69) is 12.3 Å². The van der Waals surface area contributed by atoms with Crippen molar-refractivity contribution in [3.8, 4) is 0 Å². The van der Waals surface area contributed by atoms with E-state index >= 15 is 0 Å². The van der Waals surface area contributed by atoms with Crippen molar-refractivity contribution in [2.45, 2.75) is 0 Å². The summed E-state index contributed by atoms with van der Waals surface area (Å²) in [6.45, 7) is 3.15. The Bertz CT molecular complexity index is 55.9. The summed E-state index contributed by atoms with van der Waals surface area (Å²) in [5.41, 5.74) is 4.65. The zero-order valence-corrected chi connectivity index (χ0v) is 2.81. The minimum atomic E-state index is -0.231. The van der Waals surface area contributed by atoms with Crippen molar-refractivity contribution < 1.29 is 0 Å². The molecule has 0 amide bonds. The van der Waals surface area contributed by atoms with Gasteiger partial charge in [-0.2, -0.15) is 0 Å². The molecule has 0 spiro atoms. The van der Waals surface area contributed by atoms with Crippen LogP contribution >= 0.6 is 0 Å². The number of nitrogens with zero attached hydrogens (tertiary/aromatic N) is 1. The summed E-state index contributed by atoms with van der Waals surface area (Å²) in [5, 5.41) is 7.94. The van der Waals surface area contributed by atoms with Gasteiger partial charge in [-0.05, 0) is 6.08 Å². The highest BCUT2D eigenvalue weighted by molar-refractivity contribution is 5.88. The molecule has 2 heteroatoms. The van der Waals surface area contributed by atoms with Gasteiger partial charge in [-0.25, -0.2) is 0 Å². The Balaban J connectivity index is 3.20. The lowest BCUT2D eigenvalue weighted by Gasteiger charge is -1.69. The number of hydrogen-bond acceptors (Lipinski definition) is 0. The van der Waals surface area contributed by atoms with Crippen LogP contribution in [0.2, 0.25) is 0 Å². The summed E-state index contributed by atoms with van der Waals surface area (Å²) in [5.74, 6) is -0.231. The van der Waals surface area contributed by atoms with Gasteiger partial charge in [0.25, 0.3) is 0 Å². The molecule has 27 valence electrons. The monoisotopic (exact) mass is 69.0 g/mol. The van der Waals surface area contributed by atoms with E-state index in [1.54, 1.807) is 0 Å². The predicted octanol–water partition coefficient (Wildman–Crippen LogP) is -0.670. The van der Waals surface area contributed by atoms with Crippen molar-refractivity contribution >= 4 is 5.84 Å². The molecule has 0 bridgehead atoms. The molecular weight excluding hydrogens is 64.0 g/mol. The molecule has 1 radical (unpaired) electrons. The van der Waals surface area contributed by atoms with Crippen LogP contribution in [-0.4, -0.2) is 5.84 Å². The first-order valence-electron chi connectivity index (χ1n) is 1.21. The highest BCUT2D eigenvalue weighted by Gasteiger charge is 1.65. The fourth-order valence-electron chi connectivity index (χ4n) is 0. The first-order chi connectivity index (χ1) is 2.27. The summed E-state index contributed by atoms with van der Waals surface area (Å²) < 4.78 is 0. The van der Waals surface area contributed by atoms with Crippen LogP contribution < -0.4 is 11.1 Å². The second-order valence-electron chi connectivity index (χ2n) is 0.629. The maximum absolute atomic E-state index is 7.94. The third-order valence-corrected chi connectivity index (χ3v) is 0.209. The zero-order chi connectivity index (χ0) is 4.28. The van der Waals surface area contributed by atoms with Gasteiger partial charge >= 0.3 is 0 Å². The van der Waals surface area contributed by atoms with Crippen molar-refractivity contribution in [2.24, 2.45) is 5.73 Å². The Morgan fingerprint density at radius 1 is 2.00 bits per heavy atom. The van der Waals surface area contributed by atoms with Gasteiger partial charge in [0, 0.05) is 0 Å². The summed E-state index contributed by atoms with van der Waals surface area (Å²) >= 11 is 0. The van der Waals surface area contributed by atoms with Crippen LogP contribution in [0.4, 0.5) is 0 Å². The maximum atomic E-state index is 7.94. The molecule has 0 fully saturated rings. The van der Waals surface area contributed by atoms with Gasteiger partial charge in [-0.1, -0.05) is 6.58 Å². The van der Waals surface area contributed by atoms with E-state index < -0.39 is 0 Å². The van der Waals surface area contributed by atoms with E-state index in [0.29, 0.717) is 0 Å². The Hall–Kier alpha value is -0.790. The zero-order valence-electron chi connectivity index (χ0n) is 2.81. The molecule has 0 rings (SSSR count). The average Bonchev–Trinajstić information content (AvgIpc) is 1.38. The smallest absolute Gasteiger partial charge is 0.145 e. The van der Waals surface area contributed by atoms with Crippen molar-refractivity contribution in [1.29, 1.82) is 0 Å². The molecule has 0 saturated heterocycles. The lowest BCUT2D eigenvalue weighted by Crippen LogP contribution is -2.06. The molecule has 5 heavy (non-hydrogen) atoms. The fraction of sp³-hybridized carbons (Fsp3) is 0. The number of rotatable bonds is 1. The van der Waals surface area contributed by atoms with E-state index in [4.69, 9.17) is 5.41 Å². The van der Waals surface area contributed by atoms with Gasteiger partial charge in [0.15, 0.2) is 0 Å². The van der Waals surface area contributed by atoms with Gasteiger partial charge in [0.1, 0.15) is 5.84 Å². The van der Waals surface area contributed by atoms with Crippen LogP contribution in [0, 0.1) is 0 Å². The minimum Gasteiger partial charge on any atom is -0.382 e. The van der Waals surface area contributed by atoms with Crippen molar-refractivity contribution in [2.75, 3.05) is 0 Å². The molecular formula is C3H5N2. The third kappa shape index (κ3) is 3.21. The molecule has 0 aromatic carbocycles. The highest BCUT2D eigenvalue weighted by Crippen LogP contribution is 1.46. The quantitative estimate of drug-likeness (QED) is 0.322.